The second-order valence-electron chi connectivity index (χ2n) is 5.39. The number of nitrogens with zero attached hydrogens (tertiary/aromatic N) is 3. The van der Waals surface area contributed by atoms with E-state index in [0.717, 1.165) is 37.7 Å². The van der Waals surface area contributed by atoms with Gasteiger partial charge in [-0.15, -0.1) is 10.2 Å². The average Bonchev–Trinajstić information content (AvgIpc) is 2.77. The molecule has 0 spiro atoms. The van der Waals surface area contributed by atoms with E-state index in [4.69, 9.17) is 5.73 Å². The Hall–Kier alpha value is -1.10. The van der Waals surface area contributed by atoms with Crippen molar-refractivity contribution >= 4 is 5.95 Å². The predicted molar refractivity (Wildman–Crippen MR) is 73.7 cm³/mol. The Morgan fingerprint density at radius 2 is 2.17 bits per heavy atom. The third kappa shape index (κ3) is 2.11. The zero-order valence-corrected chi connectivity index (χ0v) is 11.7. The first kappa shape index (κ1) is 13.3. The summed E-state index contributed by atoms with van der Waals surface area (Å²) in [5.74, 6) is 1.92. The summed E-state index contributed by atoms with van der Waals surface area (Å²) in [6.07, 6.45) is 4.66. The Labute approximate surface area is 109 Å². The molecule has 1 heterocycles. The van der Waals surface area contributed by atoms with Crippen molar-refractivity contribution in [1.29, 1.82) is 0 Å². The molecule has 1 aromatic heterocycles. The minimum absolute atomic E-state index is 0.0328. The number of nitrogens with one attached hydrogen (secondary N) is 1. The molecule has 1 aliphatic carbocycles. The molecule has 0 saturated heterocycles. The maximum Gasteiger partial charge on any atom is 0.224 e. The van der Waals surface area contributed by atoms with Gasteiger partial charge in [-0.3, -0.25) is 4.57 Å². The summed E-state index contributed by atoms with van der Waals surface area (Å²) in [7, 11) is 0. The first-order valence-electron chi connectivity index (χ1n) is 7.06. The van der Waals surface area contributed by atoms with Crippen molar-refractivity contribution in [3.63, 3.8) is 0 Å². The summed E-state index contributed by atoms with van der Waals surface area (Å²) in [6.45, 7) is 8.18. The lowest BCUT2D eigenvalue weighted by atomic mass is 9.71. The second-order valence-corrected chi connectivity index (χ2v) is 5.39. The number of anilines is 1. The third-order valence-electron chi connectivity index (χ3n) is 4.19. The summed E-state index contributed by atoms with van der Waals surface area (Å²) in [5.41, 5.74) is 6.32. The first-order chi connectivity index (χ1) is 8.63. The van der Waals surface area contributed by atoms with Crippen LogP contribution in [0.4, 0.5) is 5.95 Å². The number of rotatable bonds is 4. The summed E-state index contributed by atoms with van der Waals surface area (Å²) >= 11 is 0. The Balaban J connectivity index is 2.37. The summed E-state index contributed by atoms with van der Waals surface area (Å²) in [4.78, 5) is 0. The summed E-state index contributed by atoms with van der Waals surface area (Å²) in [6, 6.07) is 0.190. The van der Waals surface area contributed by atoms with Gasteiger partial charge in [-0.05, 0) is 26.7 Å². The van der Waals surface area contributed by atoms with Gasteiger partial charge in [0.2, 0.25) is 5.95 Å². The molecule has 102 valence electrons. The van der Waals surface area contributed by atoms with Crippen LogP contribution in [0, 0.1) is 0 Å². The number of nitrogens with two attached hydrogens (primary N) is 1. The third-order valence-corrected chi connectivity index (χ3v) is 4.19. The van der Waals surface area contributed by atoms with Gasteiger partial charge in [-0.2, -0.15) is 0 Å². The molecule has 3 N–H and O–H groups in total. The number of hydrogen-bond acceptors (Lipinski definition) is 4. The molecular weight excluding hydrogens is 226 g/mol. The van der Waals surface area contributed by atoms with Crippen molar-refractivity contribution < 1.29 is 0 Å². The van der Waals surface area contributed by atoms with Gasteiger partial charge in [0.15, 0.2) is 0 Å². The fourth-order valence-electron chi connectivity index (χ4n) is 2.95. The molecule has 1 aromatic rings. The molecule has 1 fully saturated rings. The van der Waals surface area contributed by atoms with Crippen molar-refractivity contribution in [2.75, 3.05) is 11.9 Å². The van der Waals surface area contributed by atoms with Crippen LogP contribution in [0.2, 0.25) is 0 Å². The van der Waals surface area contributed by atoms with Gasteiger partial charge >= 0.3 is 0 Å². The molecule has 0 radical (unpaired) electrons. The van der Waals surface area contributed by atoms with Crippen LogP contribution in [0.3, 0.4) is 0 Å². The highest BCUT2D eigenvalue weighted by Gasteiger charge is 2.40. The maximum atomic E-state index is 6.35. The summed E-state index contributed by atoms with van der Waals surface area (Å²) < 4.78 is 2.18. The highest BCUT2D eigenvalue weighted by Crippen LogP contribution is 2.38. The SMILES string of the molecule is CCNc1nnc(C2(C)CCCCC2N)n1CC. The monoisotopic (exact) mass is 251 g/mol. The van der Waals surface area contributed by atoms with Crippen LogP contribution in [-0.2, 0) is 12.0 Å². The molecule has 0 bridgehead atoms. The molecule has 0 amide bonds. The fraction of sp³-hybridized carbons (Fsp3) is 0.846. The molecule has 2 rings (SSSR count). The molecule has 5 nitrogen and oxygen atoms in total. The van der Waals surface area contributed by atoms with Gasteiger partial charge in [-0.25, -0.2) is 0 Å². The normalized spacial score (nSPS) is 28.3. The van der Waals surface area contributed by atoms with Crippen molar-refractivity contribution in [2.45, 2.75) is 64.5 Å². The van der Waals surface area contributed by atoms with Crippen LogP contribution in [0.15, 0.2) is 0 Å². The molecule has 2 unspecified atom stereocenters. The van der Waals surface area contributed by atoms with Crippen molar-refractivity contribution in [3.8, 4) is 0 Å². The highest BCUT2D eigenvalue weighted by molar-refractivity contribution is 5.29. The molecule has 0 aromatic carbocycles. The van der Waals surface area contributed by atoms with E-state index >= 15 is 0 Å². The van der Waals surface area contributed by atoms with Gasteiger partial charge in [0.25, 0.3) is 0 Å². The first-order valence-corrected chi connectivity index (χ1v) is 7.06. The molecule has 18 heavy (non-hydrogen) atoms. The number of hydrogen-bond donors (Lipinski definition) is 2. The smallest absolute Gasteiger partial charge is 0.224 e. The molecule has 1 saturated carbocycles. The van der Waals surface area contributed by atoms with Crippen LogP contribution in [0.1, 0.15) is 52.3 Å². The lowest BCUT2D eigenvalue weighted by Crippen LogP contribution is -2.47. The average molecular weight is 251 g/mol. The fourth-order valence-corrected chi connectivity index (χ4v) is 2.95. The van der Waals surface area contributed by atoms with E-state index in [2.05, 4.69) is 40.9 Å². The van der Waals surface area contributed by atoms with Crippen LogP contribution >= 0.6 is 0 Å². The van der Waals surface area contributed by atoms with E-state index in [-0.39, 0.29) is 11.5 Å². The highest BCUT2D eigenvalue weighted by atomic mass is 15.4. The topological polar surface area (TPSA) is 68.8 Å². The van der Waals surface area contributed by atoms with Gasteiger partial charge in [-0.1, -0.05) is 19.8 Å². The Morgan fingerprint density at radius 1 is 1.39 bits per heavy atom. The van der Waals surface area contributed by atoms with E-state index in [9.17, 15) is 0 Å². The van der Waals surface area contributed by atoms with Crippen LogP contribution in [-0.4, -0.2) is 27.4 Å². The Kier molecular flexibility index (Phi) is 3.90. The predicted octanol–water partition coefficient (Wildman–Crippen LogP) is 1.89. The van der Waals surface area contributed by atoms with Gasteiger partial charge in [0, 0.05) is 24.5 Å². The van der Waals surface area contributed by atoms with E-state index in [0.29, 0.717) is 0 Å². The lowest BCUT2D eigenvalue weighted by molar-refractivity contribution is 0.251. The van der Waals surface area contributed by atoms with Crippen molar-refractivity contribution in [3.05, 3.63) is 5.82 Å². The van der Waals surface area contributed by atoms with Gasteiger partial charge in [0.05, 0.1) is 0 Å². The largest absolute Gasteiger partial charge is 0.355 e. The molecule has 0 aliphatic heterocycles. The van der Waals surface area contributed by atoms with E-state index in [1.807, 2.05) is 0 Å². The van der Waals surface area contributed by atoms with E-state index in [1.54, 1.807) is 0 Å². The van der Waals surface area contributed by atoms with Crippen molar-refractivity contribution in [1.82, 2.24) is 14.8 Å². The van der Waals surface area contributed by atoms with Gasteiger partial charge in [0.1, 0.15) is 5.82 Å². The molecule has 1 aliphatic rings. The second kappa shape index (κ2) is 5.26. The maximum absolute atomic E-state index is 6.35. The van der Waals surface area contributed by atoms with E-state index < -0.39 is 0 Å². The quantitative estimate of drug-likeness (QED) is 0.857. The zero-order valence-electron chi connectivity index (χ0n) is 11.7. The van der Waals surface area contributed by atoms with E-state index in [1.165, 1.54) is 12.8 Å². The van der Waals surface area contributed by atoms with Crippen LogP contribution in [0.5, 0.6) is 0 Å². The minimum Gasteiger partial charge on any atom is -0.355 e. The van der Waals surface area contributed by atoms with Crippen molar-refractivity contribution in [2.24, 2.45) is 5.73 Å². The zero-order chi connectivity index (χ0) is 13.2. The Bertz CT molecular complexity index is 400. The Morgan fingerprint density at radius 3 is 2.78 bits per heavy atom. The van der Waals surface area contributed by atoms with Crippen LogP contribution < -0.4 is 11.1 Å². The molecule has 5 heteroatoms. The van der Waals surface area contributed by atoms with Crippen LogP contribution in [0.25, 0.3) is 0 Å². The lowest BCUT2D eigenvalue weighted by Gasteiger charge is -2.38. The minimum atomic E-state index is -0.0328. The summed E-state index contributed by atoms with van der Waals surface area (Å²) in [5, 5.41) is 12.0. The number of aromatic nitrogens is 3. The molecule has 2 atom stereocenters. The molecular formula is C13H25N5. The van der Waals surface area contributed by atoms with Gasteiger partial charge < -0.3 is 11.1 Å². The standard InChI is InChI=1S/C13H25N5/c1-4-15-12-17-16-11(18(12)5-2)13(3)9-7-6-8-10(13)14/h10H,4-9,14H2,1-3H3,(H,15,17).